The van der Waals surface area contributed by atoms with Gasteiger partial charge >= 0.3 is 5.97 Å². The monoisotopic (exact) mass is 268 g/mol. The van der Waals surface area contributed by atoms with E-state index in [2.05, 4.69) is 27.7 Å². The SMILES string of the molecule is CC1(C)CC(F)C[C@]2(C)[C@H]3CC(=O)O[C@]3(C)CC[C@@H]12. The zero-order valence-electron chi connectivity index (χ0n) is 12.5. The highest BCUT2D eigenvalue weighted by molar-refractivity contribution is 5.73. The summed E-state index contributed by atoms with van der Waals surface area (Å²) in [6, 6.07) is 0. The molecule has 3 fully saturated rings. The number of hydrogen-bond donors (Lipinski definition) is 0. The van der Waals surface area contributed by atoms with E-state index in [-0.39, 0.29) is 28.3 Å². The largest absolute Gasteiger partial charge is 0.459 e. The van der Waals surface area contributed by atoms with Gasteiger partial charge < -0.3 is 4.74 Å². The lowest BCUT2D eigenvalue weighted by Crippen LogP contribution is -2.57. The van der Waals surface area contributed by atoms with E-state index in [0.717, 1.165) is 12.8 Å². The Morgan fingerprint density at radius 3 is 2.53 bits per heavy atom. The summed E-state index contributed by atoms with van der Waals surface area (Å²) < 4.78 is 19.9. The summed E-state index contributed by atoms with van der Waals surface area (Å²) in [7, 11) is 0. The van der Waals surface area contributed by atoms with Gasteiger partial charge in [0.05, 0.1) is 6.42 Å². The van der Waals surface area contributed by atoms with E-state index in [4.69, 9.17) is 4.74 Å². The predicted octanol–water partition coefficient (Wildman–Crippen LogP) is 3.88. The summed E-state index contributed by atoms with van der Waals surface area (Å²) in [6.45, 7) is 8.65. The fourth-order valence-electron chi connectivity index (χ4n) is 5.75. The molecular weight excluding hydrogens is 243 g/mol. The molecule has 1 aliphatic heterocycles. The van der Waals surface area contributed by atoms with Gasteiger partial charge in [-0.2, -0.15) is 0 Å². The fraction of sp³-hybridized carbons (Fsp3) is 0.938. The van der Waals surface area contributed by atoms with E-state index in [1.54, 1.807) is 0 Å². The van der Waals surface area contributed by atoms with Gasteiger partial charge in [-0.1, -0.05) is 20.8 Å². The number of carbonyl (C=O) groups excluding carboxylic acids is 1. The molecule has 0 N–H and O–H groups in total. The van der Waals surface area contributed by atoms with Gasteiger partial charge in [0.25, 0.3) is 0 Å². The van der Waals surface area contributed by atoms with Crippen LogP contribution in [0.3, 0.4) is 0 Å². The van der Waals surface area contributed by atoms with E-state index in [9.17, 15) is 9.18 Å². The third kappa shape index (κ3) is 1.76. The van der Waals surface area contributed by atoms with Crippen LogP contribution in [0.1, 0.15) is 59.8 Å². The Bertz CT molecular complexity index is 419. The van der Waals surface area contributed by atoms with Gasteiger partial charge in [-0.15, -0.1) is 0 Å². The number of alkyl halides is 1. The number of ether oxygens (including phenoxy) is 1. The third-order valence-electron chi connectivity index (χ3n) is 6.33. The van der Waals surface area contributed by atoms with Crippen LogP contribution in [-0.2, 0) is 9.53 Å². The summed E-state index contributed by atoms with van der Waals surface area (Å²) in [5.41, 5.74) is -0.421. The smallest absolute Gasteiger partial charge is 0.306 e. The number of hydrogen-bond acceptors (Lipinski definition) is 2. The number of fused-ring (bicyclic) bond motifs is 3. The molecule has 2 nitrogen and oxygen atoms in total. The second-order valence-electron chi connectivity index (χ2n) is 8.13. The van der Waals surface area contributed by atoms with Crippen molar-refractivity contribution in [2.24, 2.45) is 22.7 Å². The van der Waals surface area contributed by atoms with Crippen LogP contribution in [-0.4, -0.2) is 17.7 Å². The molecule has 1 unspecified atom stereocenters. The summed E-state index contributed by atoms with van der Waals surface area (Å²) in [5, 5.41) is 0. The van der Waals surface area contributed by atoms with Crippen molar-refractivity contribution in [3.63, 3.8) is 0 Å². The fourth-order valence-corrected chi connectivity index (χ4v) is 5.75. The normalized spacial score (nSPS) is 52.3. The van der Waals surface area contributed by atoms with E-state index < -0.39 is 6.17 Å². The van der Waals surface area contributed by atoms with Crippen molar-refractivity contribution in [1.29, 1.82) is 0 Å². The Morgan fingerprint density at radius 2 is 1.84 bits per heavy atom. The molecule has 0 aromatic rings. The highest BCUT2D eigenvalue weighted by Gasteiger charge is 2.64. The average Bonchev–Trinajstić information content (AvgIpc) is 2.51. The van der Waals surface area contributed by atoms with Crippen LogP contribution >= 0.6 is 0 Å². The zero-order valence-corrected chi connectivity index (χ0v) is 12.5. The molecule has 1 heterocycles. The quantitative estimate of drug-likeness (QED) is 0.623. The van der Waals surface area contributed by atoms with Gasteiger partial charge in [-0.3, -0.25) is 4.79 Å². The first-order valence-electron chi connectivity index (χ1n) is 7.53. The van der Waals surface area contributed by atoms with Gasteiger partial charge in [0.15, 0.2) is 0 Å². The topological polar surface area (TPSA) is 26.3 Å². The highest BCUT2D eigenvalue weighted by atomic mass is 19.1. The van der Waals surface area contributed by atoms with Crippen molar-refractivity contribution in [2.75, 3.05) is 0 Å². The summed E-state index contributed by atoms with van der Waals surface area (Å²) in [5.74, 6) is 0.594. The molecule has 0 aromatic carbocycles. The Labute approximate surface area is 115 Å². The van der Waals surface area contributed by atoms with Crippen LogP contribution < -0.4 is 0 Å². The van der Waals surface area contributed by atoms with E-state index in [1.807, 2.05) is 0 Å². The molecule has 3 heteroatoms. The van der Waals surface area contributed by atoms with Crippen molar-refractivity contribution in [3.8, 4) is 0 Å². The Morgan fingerprint density at radius 1 is 1.16 bits per heavy atom. The minimum absolute atomic E-state index is 0.0272. The number of rotatable bonds is 0. The molecule has 0 amide bonds. The molecular formula is C16H25FO2. The first kappa shape index (κ1) is 13.4. The Kier molecular flexibility index (Phi) is 2.63. The average molecular weight is 268 g/mol. The molecule has 108 valence electrons. The lowest BCUT2D eigenvalue weighted by Gasteiger charge is -2.60. The van der Waals surface area contributed by atoms with Crippen LogP contribution in [0.4, 0.5) is 4.39 Å². The van der Waals surface area contributed by atoms with Gasteiger partial charge in [0.2, 0.25) is 0 Å². The van der Waals surface area contributed by atoms with Crippen molar-refractivity contribution in [1.82, 2.24) is 0 Å². The molecule has 1 saturated heterocycles. The molecule has 3 aliphatic rings. The Hall–Kier alpha value is -0.600. The van der Waals surface area contributed by atoms with Gasteiger partial charge in [-0.25, -0.2) is 4.39 Å². The standard InChI is InChI=1S/C16H25FO2/c1-14(2)8-10(17)9-15(3)11(14)5-6-16(4)12(15)7-13(18)19-16/h10-12H,5-9H2,1-4H3/t10?,11-,12+,15-,16+/m0/s1. The predicted molar refractivity (Wildman–Crippen MR) is 71.3 cm³/mol. The minimum atomic E-state index is -0.741. The molecule has 0 bridgehead atoms. The van der Waals surface area contributed by atoms with Crippen LogP contribution in [0, 0.1) is 22.7 Å². The van der Waals surface area contributed by atoms with Gasteiger partial charge in [0.1, 0.15) is 11.8 Å². The number of carbonyl (C=O) groups is 1. The van der Waals surface area contributed by atoms with Gasteiger partial charge in [0, 0.05) is 5.92 Å². The van der Waals surface area contributed by atoms with Crippen molar-refractivity contribution in [3.05, 3.63) is 0 Å². The number of halogens is 1. The first-order valence-corrected chi connectivity index (χ1v) is 7.53. The summed E-state index contributed by atoms with van der Waals surface area (Å²) in [6.07, 6.45) is 2.98. The zero-order chi connectivity index (χ0) is 14.1. The second-order valence-corrected chi connectivity index (χ2v) is 8.13. The molecule has 2 saturated carbocycles. The lowest BCUT2D eigenvalue weighted by atomic mass is 9.45. The lowest BCUT2D eigenvalue weighted by molar-refractivity contribution is -0.171. The Balaban J connectivity index is 2.02. The van der Waals surface area contributed by atoms with Crippen molar-refractivity contribution >= 4 is 5.97 Å². The summed E-state index contributed by atoms with van der Waals surface area (Å²) >= 11 is 0. The molecule has 0 aromatic heterocycles. The van der Waals surface area contributed by atoms with Crippen molar-refractivity contribution in [2.45, 2.75) is 71.6 Å². The van der Waals surface area contributed by atoms with Crippen LogP contribution in [0.25, 0.3) is 0 Å². The maximum atomic E-state index is 14.2. The maximum absolute atomic E-state index is 14.2. The minimum Gasteiger partial charge on any atom is -0.459 e. The number of esters is 1. The second kappa shape index (κ2) is 3.73. The van der Waals surface area contributed by atoms with Crippen molar-refractivity contribution < 1.29 is 13.9 Å². The molecule has 3 rings (SSSR count). The first-order chi connectivity index (χ1) is 8.67. The molecule has 0 spiro atoms. The highest BCUT2D eigenvalue weighted by Crippen LogP contribution is 2.65. The molecule has 5 atom stereocenters. The molecule has 0 radical (unpaired) electrons. The molecule has 2 aliphatic carbocycles. The van der Waals surface area contributed by atoms with E-state index >= 15 is 0 Å². The maximum Gasteiger partial charge on any atom is 0.306 e. The molecule has 19 heavy (non-hydrogen) atoms. The van der Waals surface area contributed by atoms with Crippen LogP contribution in [0.2, 0.25) is 0 Å². The van der Waals surface area contributed by atoms with Gasteiger partial charge in [-0.05, 0) is 49.4 Å². The third-order valence-corrected chi connectivity index (χ3v) is 6.33. The van der Waals surface area contributed by atoms with E-state index in [0.29, 0.717) is 25.2 Å². The van der Waals surface area contributed by atoms with Crippen LogP contribution in [0.5, 0.6) is 0 Å². The van der Waals surface area contributed by atoms with E-state index in [1.165, 1.54) is 0 Å². The van der Waals surface area contributed by atoms with Crippen LogP contribution in [0.15, 0.2) is 0 Å². The summed E-state index contributed by atoms with van der Waals surface area (Å²) in [4.78, 5) is 11.8.